The first-order valence-electron chi connectivity index (χ1n) is 6.29. The minimum atomic E-state index is -0.383. The molecule has 1 atom stereocenters. The van der Waals surface area contributed by atoms with Gasteiger partial charge in [0.25, 0.3) is 0 Å². The molecule has 2 nitrogen and oxygen atoms in total. The second-order valence-corrected chi connectivity index (χ2v) is 5.56. The van der Waals surface area contributed by atoms with Crippen molar-refractivity contribution in [2.75, 3.05) is 7.11 Å². The number of methoxy groups -OCH3 is 1. The van der Waals surface area contributed by atoms with Gasteiger partial charge in [0.1, 0.15) is 5.82 Å². The highest BCUT2D eigenvalue weighted by molar-refractivity contribution is 6.30. The van der Waals surface area contributed by atoms with Crippen molar-refractivity contribution in [3.8, 4) is 0 Å². The van der Waals surface area contributed by atoms with E-state index in [0.29, 0.717) is 6.42 Å². The van der Waals surface area contributed by atoms with Crippen molar-refractivity contribution in [2.45, 2.75) is 43.7 Å². The fourth-order valence-corrected chi connectivity index (χ4v) is 2.70. The van der Waals surface area contributed by atoms with Crippen LogP contribution in [0.15, 0.2) is 18.2 Å². The molecule has 4 heteroatoms. The Balaban J connectivity index is 1.94. The summed E-state index contributed by atoms with van der Waals surface area (Å²) >= 11 is 5.65. The molecule has 0 heterocycles. The van der Waals surface area contributed by atoms with Gasteiger partial charge in [-0.3, -0.25) is 0 Å². The number of ether oxygens (including phenoxy) is 1. The third kappa shape index (κ3) is 3.02. The Bertz CT molecular complexity index is 415. The van der Waals surface area contributed by atoms with E-state index >= 15 is 0 Å². The molecule has 18 heavy (non-hydrogen) atoms. The largest absolute Gasteiger partial charge is 0.378 e. The maximum Gasteiger partial charge on any atom is 0.142 e. The van der Waals surface area contributed by atoms with Gasteiger partial charge in [-0.15, -0.1) is 0 Å². The van der Waals surface area contributed by atoms with Crippen LogP contribution in [0.25, 0.3) is 0 Å². The zero-order valence-electron chi connectivity index (χ0n) is 10.6. The van der Waals surface area contributed by atoms with Gasteiger partial charge in [0.05, 0.1) is 10.6 Å². The average molecular weight is 272 g/mol. The first kappa shape index (κ1) is 13.8. The molecule has 1 unspecified atom stereocenters. The van der Waals surface area contributed by atoms with Gasteiger partial charge in [-0.1, -0.05) is 17.7 Å². The molecule has 0 radical (unpaired) electrons. The Morgan fingerprint density at radius 2 is 2.22 bits per heavy atom. The summed E-state index contributed by atoms with van der Waals surface area (Å²) in [7, 11) is 1.74. The lowest BCUT2D eigenvalue weighted by molar-refractivity contribution is -0.0813. The zero-order valence-corrected chi connectivity index (χ0v) is 11.3. The Hall–Kier alpha value is -0.640. The summed E-state index contributed by atoms with van der Waals surface area (Å²) in [6.45, 7) is 0. The monoisotopic (exact) mass is 271 g/mol. The van der Waals surface area contributed by atoms with E-state index in [-0.39, 0.29) is 22.5 Å². The molecule has 1 aliphatic carbocycles. The SMILES string of the molecule is COC1(CC(N)Cc2ccc(Cl)c(F)c2)CCC1. The molecule has 1 saturated carbocycles. The Kier molecular flexibility index (Phi) is 4.25. The first-order chi connectivity index (χ1) is 8.54. The van der Waals surface area contributed by atoms with Crippen LogP contribution in [0.3, 0.4) is 0 Å². The quantitative estimate of drug-likeness (QED) is 0.892. The van der Waals surface area contributed by atoms with E-state index in [2.05, 4.69) is 0 Å². The number of hydrogen-bond acceptors (Lipinski definition) is 2. The summed E-state index contributed by atoms with van der Waals surface area (Å²) in [6.07, 6.45) is 4.83. The molecule has 2 N–H and O–H groups in total. The highest BCUT2D eigenvalue weighted by atomic mass is 35.5. The fourth-order valence-electron chi connectivity index (χ4n) is 2.58. The summed E-state index contributed by atoms with van der Waals surface area (Å²) in [5.74, 6) is -0.383. The lowest BCUT2D eigenvalue weighted by Crippen LogP contribution is -2.45. The number of rotatable bonds is 5. The van der Waals surface area contributed by atoms with Gasteiger partial charge >= 0.3 is 0 Å². The van der Waals surface area contributed by atoms with Crippen LogP contribution in [0.5, 0.6) is 0 Å². The molecule has 100 valence electrons. The van der Waals surface area contributed by atoms with Crippen molar-refractivity contribution in [1.29, 1.82) is 0 Å². The number of halogens is 2. The van der Waals surface area contributed by atoms with Crippen LogP contribution in [-0.4, -0.2) is 18.8 Å². The number of nitrogens with two attached hydrogens (primary N) is 1. The van der Waals surface area contributed by atoms with Crippen LogP contribution in [-0.2, 0) is 11.2 Å². The maximum absolute atomic E-state index is 13.3. The van der Waals surface area contributed by atoms with Crippen LogP contribution in [0.1, 0.15) is 31.2 Å². The lowest BCUT2D eigenvalue weighted by atomic mass is 9.75. The normalized spacial score (nSPS) is 19.3. The number of benzene rings is 1. The van der Waals surface area contributed by atoms with Crippen molar-refractivity contribution in [3.63, 3.8) is 0 Å². The molecule has 2 rings (SSSR count). The Labute approximate surface area is 112 Å². The molecule has 0 aromatic heterocycles. The molecular formula is C14H19ClFNO. The van der Waals surface area contributed by atoms with E-state index in [0.717, 1.165) is 24.8 Å². The van der Waals surface area contributed by atoms with Gasteiger partial charge in [-0.05, 0) is 49.8 Å². The summed E-state index contributed by atoms with van der Waals surface area (Å²) in [5, 5.41) is 0.152. The van der Waals surface area contributed by atoms with Crippen LogP contribution in [0.4, 0.5) is 4.39 Å². The van der Waals surface area contributed by atoms with E-state index in [1.165, 1.54) is 12.5 Å². The van der Waals surface area contributed by atoms with E-state index in [4.69, 9.17) is 22.1 Å². The van der Waals surface area contributed by atoms with Crippen LogP contribution >= 0.6 is 11.6 Å². The molecule has 0 amide bonds. The molecule has 1 aliphatic rings. The highest BCUT2D eigenvalue weighted by Gasteiger charge is 2.38. The Morgan fingerprint density at radius 3 is 2.72 bits per heavy atom. The zero-order chi connectivity index (χ0) is 13.2. The van der Waals surface area contributed by atoms with Crippen molar-refractivity contribution < 1.29 is 9.13 Å². The molecule has 1 aromatic carbocycles. The van der Waals surface area contributed by atoms with Crippen molar-refractivity contribution in [1.82, 2.24) is 0 Å². The van der Waals surface area contributed by atoms with E-state index in [9.17, 15) is 4.39 Å². The van der Waals surface area contributed by atoms with Crippen LogP contribution in [0.2, 0.25) is 5.02 Å². The summed E-state index contributed by atoms with van der Waals surface area (Å²) in [6, 6.07) is 4.85. The van der Waals surface area contributed by atoms with Gasteiger partial charge < -0.3 is 10.5 Å². The third-order valence-electron chi connectivity index (χ3n) is 3.81. The molecule has 1 aromatic rings. The van der Waals surface area contributed by atoms with Gasteiger partial charge in [-0.25, -0.2) is 4.39 Å². The molecular weight excluding hydrogens is 253 g/mol. The molecule has 0 saturated heterocycles. The summed E-state index contributed by atoms with van der Waals surface area (Å²) in [4.78, 5) is 0. The minimum absolute atomic E-state index is 0.00849. The second-order valence-electron chi connectivity index (χ2n) is 5.16. The fraction of sp³-hybridized carbons (Fsp3) is 0.571. The predicted octanol–water partition coefficient (Wildman–Crippen LogP) is 3.31. The predicted molar refractivity (Wildman–Crippen MR) is 71.3 cm³/mol. The lowest BCUT2D eigenvalue weighted by Gasteiger charge is -2.42. The van der Waals surface area contributed by atoms with Gasteiger partial charge in [0, 0.05) is 13.2 Å². The second kappa shape index (κ2) is 5.55. The van der Waals surface area contributed by atoms with E-state index < -0.39 is 0 Å². The standard InChI is InChI=1S/C14H19ClFNO/c1-18-14(5-2-6-14)9-11(17)7-10-3-4-12(15)13(16)8-10/h3-4,8,11H,2,5-7,9,17H2,1H3. The van der Waals surface area contributed by atoms with Crippen molar-refractivity contribution in [2.24, 2.45) is 5.73 Å². The first-order valence-corrected chi connectivity index (χ1v) is 6.67. The van der Waals surface area contributed by atoms with Crippen molar-refractivity contribution in [3.05, 3.63) is 34.6 Å². The average Bonchev–Trinajstić information content (AvgIpc) is 2.29. The highest BCUT2D eigenvalue weighted by Crippen LogP contribution is 2.38. The third-order valence-corrected chi connectivity index (χ3v) is 4.12. The summed E-state index contributed by atoms with van der Waals surface area (Å²) in [5.41, 5.74) is 6.98. The number of hydrogen-bond donors (Lipinski definition) is 1. The van der Waals surface area contributed by atoms with Crippen molar-refractivity contribution >= 4 is 11.6 Å². The molecule has 0 spiro atoms. The molecule has 0 aliphatic heterocycles. The van der Waals surface area contributed by atoms with E-state index in [1.54, 1.807) is 13.2 Å². The molecule has 1 fully saturated rings. The van der Waals surface area contributed by atoms with E-state index in [1.807, 2.05) is 6.07 Å². The topological polar surface area (TPSA) is 35.2 Å². The van der Waals surface area contributed by atoms with Gasteiger partial charge in [0.15, 0.2) is 0 Å². The van der Waals surface area contributed by atoms with Crippen LogP contribution in [0, 0.1) is 5.82 Å². The Morgan fingerprint density at radius 1 is 1.50 bits per heavy atom. The summed E-state index contributed by atoms with van der Waals surface area (Å²) < 4.78 is 18.9. The molecule has 0 bridgehead atoms. The maximum atomic E-state index is 13.3. The van der Waals surface area contributed by atoms with Gasteiger partial charge in [-0.2, -0.15) is 0 Å². The smallest absolute Gasteiger partial charge is 0.142 e. The minimum Gasteiger partial charge on any atom is -0.378 e. The van der Waals surface area contributed by atoms with Gasteiger partial charge in [0.2, 0.25) is 0 Å². The van der Waals surface area contributed by atoms with Crippen LogP contribution < -0.4 is 5.73 Å².